The monoisotopic (exact) mass is 243 g/mol. The van der Waals surface area contributed by atoms with E-state index in [0.717, 1.165) is 22.3 Å². The van der Waals surface area contributed by atoms with Crippen molar-refractivity contribution in [3.05, 3.63) is 70.5 Å². The third-order valence-electron chi connectivity index (χ3n) is 3.45. The number of benzene rings is 2. The molecule has 0 bridgehead atoms. The van der Waals surface area contributed by atoms with Crippen molar-refractivity contribution in [3.63, 3.8) is 0 Å². The molecular formula is C16H18FN. The van der Waals surface area contributed by atoms with Crippen molar-refractivity contribution in [1.29, 1.82) is 0 Å². The molecule has 2 heteroatoms. The number of halogens is 1. The molecule has 94 valence electrons. The minimum Gasteiger partial charge on any atom is -0.318 e. The first-order valence-electron chi connectivity index (χ1n) is 6.04. The van der Waals surface area contributed by atoms with Crippen molar-refractivity contribution in [3.8, 4) is 0 Å². The summed E-state index contributed by atoms with van der Waals surface area (Å²) >= 11 is 0. The van der Waals surface area contributed by atoms with Crippen molar-refractivity contribution in [1.82, 2.24) is 0 Å². The molecule has 2 aromatic carbocycles. The number of nitrogens with two attached hydrogens (primary N) is 1. The summed E-state index contributed by atoms with van der Waals surface area (Å²) in [5, 5.41) is 0. The Balaban J connectivity index is 2.58. The summed E-state index contributed by atoms with van der Waals surface area (Å²) in [6.07, 6.45) is 0. The van der Waals surface area contributed by atoms with E-state index in [-0.39, 0.29) is 5.82 Å². The predicted octanol–water partition coefficient (Wildman–Crippen LogP) is 3.66. The molecule has 0 spiro atoms. The molecule has 0 radical (unpaired) electrons. The van der Waals surface area contributed by atoms with Gasteiger partial charge in [0.2, 0.25) is 0 Å². The molecule has 0 saturated carbocycles. The van der Waals surface area contributed by atoms with Gasteiger partial charge in [-0.1, -0.05) is 30.3 Å². The smallest absolute Gasteiger partial charge is 0.123 e. The van der Waals surface area contributed by atoms with E-state index in [1.807, 2.05) is 45.0 Å². The van der Waals surface area contributed by atoms with Crippen LogP contribution in [0.2, 0.25) is 0 Å². The van der Waals surface area contributed by atoms with Gasteiger partial charge in [-0.25, -0.2) is 4.39 Å². The van der Waals surface area contributed by atoms with E-state index in [1.54, 1.807) is 6.07 Å². The highest BCUT2D eigenvalue weighted by Crippen LogP contribution is 2.31. The molecule has 1 atom stereocenters. The Morgan fingerprint density at radius 2 is 1.56 bits per heavy atom. The van der Waals surface area contributed by atoms with Gasteiger partial charge in [-0.3, -0.25) is 0 Å². The lowest BCUT2D eigenvalue weighted by molar-refractivity contribution is 0.585. The summed E-state index contributed by atoms with van der Waals surface area (Å²) in [5.74, 6) is -0.225. The van der Waals surface area contributed by atoms with Crippen LogP contribution in [0.1, 0.15) is 29.2 Å². The summed E-state index contributed by atoms with van der Waals surface area (Å²) in [5.41, 5.74) is 9.93. The van der Waals surface area contributed by atoms with Gasteiger partial charge in [-0.2, -0.15) is 0 Å². The van der Waals surface area contributed by atoms with Gasteiger partial charge in [0, 0.05) is 0 Å². The standard InChI is InChI=1S/C16H18FN/c1-11-6-4-5-7-14(11)16(3,18)15-9-8-13(17)10-12(15)2/h4-10H,18H2,1-3H3. The minimum atomic E-state index is -0.608. The predicted molar refractivity (Wildman–Crippen MR) is 73.0 cm³/mol. The topological polar surface area (TPSA) is 26.0 Å². The van der Waals surface area contributed by atoms with Crippen molar-refractivity contribution in [2.75, 3.05) is 0 Å². The Labute approximate surface area is 107 Å². The summed E-state index contributed by atoms with van der Waals surface area (Å²) in [4.78, 5) is 0. The molecule has 0 aliphatic carbocycles. The minimum absolute atomic E-state index is 0.225. The van der Waals surface area contributed by atoms with Gasteiger partial charge in [-0.15, -0.1) is 0 Å². The van der Waals surface area contributed by atoms with Crippen molar-refractivity contribution >= 4 is 0 Å². The van der Waals surface area contributed by atoms with Crippen LogP contribution < -0.4 is 5.73 Å². The molecule has 0 aliphatic rings. The average Bonchev–Trinajstić information content (AvgIpc) is 2.28. The molecule has 1 unspecified atom stereocenters. The van der Waals surface area contributed by atoms with E-state index in [2.05, 4.69) is 0 Å². The van der Waals surface area contributed by atoms with Gasteiger partial charge in [0.05, 0.1) is 5.54 Å². The highest BCUT2D eigenvalue weighted by atomic mass is 19.1. The van der Waals surface area contributed by atoms with E-state index in [0.29, 0.717) is 0 Å². The van der Waals surface area contributed by atoms with Gasteiger partial charge < -0.3 is 5.73 Å². The highest BCUT2D eigenvalue weighted by molar-refractivity contribution is 5.44. The van der Waals surface area contributed by atoms with E-state index < -0.39 is 5.54 Å². The zero-order valence-electron chi connectivity index (χ0n) is 11.0. The van der Waals surface area contributed by atoms with Crippen LogP contribution in [0, 0.1) is 19.7 Å². The first-order chi connectivity index (χ1) is 8.43. The number of aryl methyl sites for hydroxylation is 2. The van der Waals surface area contributed by atoms with Crippen LogP contribution in [0.25, 0.3) is 0 Å². The molecule has 2 rings (SSSR count). The van der Waals surface area contributed by atoms with Crippen LogP contribution in [0.4, 0.5) is 4.39 Å². The van der Waals surface area contributed by atoms with Gasteiger partial charge in [0.15, 0.2) is 0 Å². The number of hydrogen-bond acceptors (Lipinski definition) is 1. The fourth-order valence-corrected chi connectivity index (χ4v) is 2.51. The average molecular weight is 243 g/mol. The SMILES string of the molecule is Cc1ccccc1C(C)(N)c1ccc(F)cc1C. The van der Waals surface area contributed by atoms with Crippen LogP contribution >= 0.6 is 0 Å². The quantitative estimate of drug-likeness (QED) is 0.855. The lowest BCUT2D eigenvalue weighted by Crippen LogP contribution is -2.35. The number of hydrogen-bond donors (Lipinski definition) is 1. The Hall–Kier alpha value is -1.67. The van der Waals surface area contributed by atoms with Crippen molar-refractivity contribution in [2.24, 2.45) is 5.73 Å². The van der Waals surface area contributed by atoms with Gasteiger partial charge >= 0.3 is 0 Å². The summed E-state index contributed by atoms with van der Waals surface area (Å²) in [6, 6.07) is 12.8. The van der Waals surface area contributed by atoms with E-state index >= 15 is 0 Å². The Bertz CT molecular complexity index is 573. The summed E-state index contributed by atoms with van der Waals surface area (Å²) < 4.78 is 13.2. The first kappa shape index (κ1) is 12.8. The second kappa shape index (κ2) is 4.54. The molecule has 0 heterocycles. The van der Waals surface area contributed by atoms with Gasteiger partial charge in [0.25, 0.3) is 0 Å². The normalized spacial score (nSPS) is 14.3. The van der Waals surface area contributed by atoms with Crippen LogP contribution in [0.3, 0.4) is 0 Å². The third-order valence-corrected chi connectivity index (χ3v) is 3.45. The molecule has 0 amide bonds. The van der Waals surface area contributed by atoms with Crippen LogP contribution in [-0.4, -0.2) is 0 Å². The third kappa shape index (κ3) is 2.16. The zero-order chi connectivity index (χ0) is 13.3. The summed E-state index contributed by atoms with van der Waals surface area (Å²) in [6.45, 7) is 5.90. The fourth-order valence-electron chi connectivity index (χ4n) is 2.51. The summed E-state index contributed by atoms with van der Waals surface area (Å²) in [7, 11) is 0. The Morgan fingerprint density at radius 3 is 2.17 bits per heavy atom. The second-order valence-electron chi connectivity index (χ2n) is 4.98. The van der Waals surface area contributed by atoms with Crippen LogP contribution in [0.15, 0.2) is 42.5 Å². The van der Waals surface area contributed by atoms with Gasteiger partial charge in [0.1, 0.15) is 5.82 Å². The second-order valence-corrected chi connectivity index (χ2v) is 4.98. The van der Waals surface area contributed by atoms with Crippen molar-refractivity contribution < 1.29 is 4.39 Å². The van der Waals surface area contributed by atoms with E-state index in [4.69, 9.17) is 5.73 Å². The molecule has 0 aliphatic heterocycles. The van der Waals surface area contributed by atoms with E-state index in [9.17, 15) is 4.39 Å². The number of rotatable bonds is 2. The van der Waals surface area contributed by atoms with Gasteiger partial charge in [-0.05, 0) is 55.2 Å². The Kier molecular flexibility index (Phi) is 3.22. The molecule has 0 fully saturated rings. The molecule has 18 heavy (non-hydrogen) atoms. The maximum atomic E-state index is 13.2. The fraction of sp³-hybridized carbons (Fsp3) is 0.250. The first-order valence-corrected chi connectivity index (χ1v) is 6.04. The molecule has 1 nitrogen and oxygen atoms in total. The molecule has 2 aromatic rings. The van der Waals surface area contributed by atoms with Crippen LogP contribution in [0.5, 0.6) is 0 Å². The van der Waals surface area contributed by atoms with E-state index in [1.165, 1.54) is 12.1 Å². The lowest BCUT2D eigenvalue weighted by Gasteiger charge is -2.29. The lowest BCUT2D eigenvalue weighted by atomic mass is 9.81. The molecular weight excluding hydrogens is 225 g/mol. The molecule has 0 saturated heterocycles. The van der Waals surface area contributed by atoms with Crippen LogP contribution in [-0.2, 0) is 5.54 Å². The zero-order valence-corrected chi connectivity index (χ0v) is 11.0. The Morgan fingerprint density at radius 1 is 0.944 bits per heavy atom. The van der Waals surface area contributed by atoms with Crippen molar-refractivity contribution in [2.45, 2.75) is 26.3 Å². The maximum Gasteiger partial charge on any atom is 0.123 e. The molecule has 0 aromatic heterocycles. The maximum absolute atomic E-state index is 13.2. The highest BCUT2D eigenvalue weighted by Gasteiger charge is 2.26. The molecule has 2 N–H and O–H groups in total. The largest absolute Gasteiger partial charge is 0.318 e.